The van der Waals surface area contributed by atoms with E-state index < -0.39 is 11.2 Å². The molecule has 0 saturated heterocycles. The lowest BCUT2D eigenvalue weighted by Gasteiger charge is -2.15. The lowest BCUT2D eigenvalue weighted by atomic mass is 10.1. The van der Waals surface area contributed by atoms with Crippen molar-refractivity contribution >= 4 is 33.3 Å². The maximum absolute atomic E-state index is 12.3. The number of H-pyrrole nitrogens is 1. The van der Waals surface area contributed by atoms with Crippen LogP contribution in [0.2, 0.25) is 0 Å². The monoisotopic (exact) mass is 420 g/mol. The van der Waals surface area contributed by atoms with Crippen molar-refractivity contribution in [1.29, 1.82) is 0 Å². The minimum Gasteiger partial charge on any atom is -0.383 e. The van der Waals surface area contributed by atoms with E-state index in [0.29, 0.717) is 13.0 Å². The van der Waals surface area contributed by atoms with Crippen LogP contribution in [0.3, 0.4) is 0 Å². The molecule has 1 aliphatic carbocycles. The quantitative estimate of drug-likeness (QED) is 0.688. The number of nitrogens with two attached hydrogens (primary N) is 1. The first kappa shape index (κ1) is 18.4. The van der Waals surface area contributed by atoms with Gasteiger partial charge in [0, 0.05) is 16.9 Å². The molecule has 0 spiro atoms. The Morgan fingerprint density at radius 3 is 2.54 bits per heavy atom. The highest BCUT2D eigenvalue weighted by Crippen LogP contribution is 2.26. The first-order chi connectivity index (χ1) is 12.5. The topological polar surface area (TPSA) is 110 Å². The van der Waals surface area contributed by atoms with Crippen molar-refractivity contribution < 1.29 is 4.79 Å². The van der Waals surface area contributed by atoms with Crippen molar-refractivity contribution in [2.45, 2.75) is 38.6 Å². The van der Waals surface area contributed by atoms with E-state index in [-0.39, 0.29) is 23.3 Å². The van der Waals surface area contributed by atoms with E-state index in [1.807, 2.05) is 24.3 Å². The number of nitrogen functional groups attached to an aromatic ring is 1. The molecule has 26 heavy (non-hydrogen) atoms. The molecule has 1 aromatic heterocycles. The third-order valence-electron chi connectivity index (χ3n) is 4.75. The summed E-state index contributed by atoms with van der Waals surface area (Å²) in [6, 6.07) is 7.72. The van der Waals surface area contributed by atoms with Crippen LogP contribution in [-0.4, -0.2) is 15.5 Å². The highest BCUT2D eigenvalue weighted by atomic mass is 79.9. The second-order valence-corrected chi connectivity index (χ2v) is 7.43. The number of rotatable bonds is 5. The lowest BCUT2D eigenvalue weighted by Crippen LogP contribution is -2.36. The number of anilines is 2. The van der Waals surface area contributed by atoms with Gasteiger partial charge in [0.25, 0.3) is 5.56 Å². The van der Waals surface area contributed by atoms with Gasteiger partial charge in [-0.1, -0.05) is 40.9 Å². The summed E-state index contributed by atoms with van der Waals surface area (Å²) in [6.07, 6.45) is 4.21. The summed E-state index contributed by atoms with van der Waals surface area (Å²) in [6.45, 7) is 0.301. The number of benzene rings is 1. The van der Waals surface area contributed by atoms with Crippen molar-refractivity contribution in [2.24, 2.45) is 5.92 Å². The largest absolute Gasteiger partial charge is 0.383 e. The highest BCUT2D eigenvalue weighted by Gasteiger charge is 2.24. The molecule has 138 valence electrons. The fourth-order valence-electron chi connectivity index (χ4n) is 3.24. The number of amides is 1. The first-order valence-corrected chi connectivity index (χ1v) is 9.43. The van der Waals surface area contributed by atoms with Gasteiger partial charge in [0.1, 0.15) is 11.5 Å². The van der Waals surface area contributed by atoms with Gasteiger partial charge in [-0.15, -0.1) is 0 Å². The molecule has 7 nitrogen and oxygen atoms in total. The normalized spacial score (nSPS) is 14.5. The van der Waals surface area contributed by atoms with Crippen LogP contribution in [-0.2, 0) is 17.8 Å². The molecule has 1 heterocycles. The van der Waals surface area contributed by atoms with Crippen molar-refractivity contribution in [2.75, 3.05) is 11.1 Å². The van der Waals surface area contributed by atoms with Gasteiger partial charge in [0.15, 0.2) is 0 Å². The number of hydrogen-bond donors (Lipinski definition) is 3. The molecule has 0 radical (unpaired) electrons. The highest BCUT2D eigenvalue weighted by molar-refractivity contribution is 9.10. The van der Waals surface area contributed by atoms with E-state index in [9.17, 15) is 14.4 Å². The van der Waals surface area contributed by atoms with E-state index >= 15 is 0 Å². The summed E-state index contributed by atoms with van der Waals surface area (Å²) in [5, 5.41) is 2.62. The zero-order chi connectivity index (χ0) is 18.7. The van der Waals surface area contributed by atoms with Gasteiger partial charge in [0.05, 0.1) is 0 Å². The predicted octanol–water partition coefficient (Wildman–Crippen LogP) is 2.25. The molecule has 4 N–H and O–H groups in total. The second kappa shape index (κ2) is 7.90. The van der Waals surface area contributed by atoms with E-state index in [1.165, 1.54) is 4.57 Å². The summed E-state index contributed by atoms with van der Waals surface area (Å²) < 4.78 is 2.26. The number of aromatic nitrogens is 2. The van der Waals surface area contributed by atoms with Gasteiger partial charge in [-0.3, -0.25) is 19.1 Å². The number of nitrogens with zero attached hydrogens (tertiary/aromatic N) is 1. The molecule has 1 fully saturated rings. The van der Waals surface area contributed by atoms with E-state index in [1.54, 1.807) is 0 Å². The van der Waals surface area contributed by atoms with Gasteiger partial charge in [0.2, 0.25) is 5.91 Å². The number of carbonyl (C=O) groups excluding carboxylic acids is 1. The van der Waals surface area contributed by atoms with E-state index in [0.717, 1.165) is 35.7 Å². The molecule has 1 saturated carbocycles. The van der Waals surface area contributed by atoms with Crippen molar-refractivity contribution in [3.05, 3.63) is 55.1 Å². The number of halogens is 1. The fraction of sp³-hybridized carbons (Fsp3) is 0.389. The minimum absolute atomic E-state index is 0.0118. The Balaban J connectivity index is 1.81. The standard InChI is InChI=1S/C18H21BrN4O3/c19-13-7-5-11(6-8-13)9-10-23-15(20)14(17(25)22-18(23)26)21-16(24)12-3-1-2-4-12/h5-8,12H,1-4,9-10,20H2,(H,21,24)(H,22,25,26). The van der Waals surface area contributed by atoms with Crippen LogP contribution in [0.15, 0.2) is 38.3 Å². The SMILES string of the molecule is Nc1c(NC(=O)C2CCCC2)c(=O)[nH]c(=O)n1CCc1ccc(Br)cc1. The van der Waals surface area contributed by atoms with Gasteiger partial charge < -0.3 is 11.1 Å². The van der Waals surface area contributed by atoms with Crippen LogP contribution in [0.1, 0.15) is 31.2 Å². The van der Waals surface area contributed by atoms with Gasteiger partial charge in [-0.2, -0.15) is 0 Å². The summed E-state index contributed by atoms with van der Waals surface area (Å²) in [5.41, 5.74) is 5.78. The molecule has 0 atom stereocenters. The summed E-state index contributed by atoms with van der Waals surface area (Å²) >= 11 is 3.38. The van der Waals surface area contributed by atoms with Crippen LogP contribution in [0.25, 0.3) is 0 Å². The van der Waals surface area contributed by atoms with E-state index in [4.69, 9.17) is 5.73 Å². The number of hydrogen-bond acceptors (Lipinski definition) is 4. The molecule has 2 aromatic rings. The van der Waals surface area contributed by atoms with Crippen LogP contribution >= 0.6 is 15.9 Å². The second-order valence-electron chi connectivity index (χ2n) is 6.52. The zero-order valence-corrected chi connectivity index (χ0v) is 15.8. The molecule has 1 aliphatic rings. The molecule has 1 amide bonds. The molecule has 3 rings (SSSR count). The van der Waals surface area contributed by atoms with Crippen molar-refractivity contribution in [3.63, 3.8) is 0 Å². The van der Waals surface area contributed by atoms with Crippen LogP contribution in [0.5, 0.6) is 0 Å². The molecule has 0 aliphatic heterocycles. The Morgan fingerprint density at radius 2 is 1.88 bits per heavy atom. The summed E-state index contributed by atoms with van der Waals surface area (Å²) in [4.78, 5) is 38.8. The number of aromatic amines is 1. The van der Waals surface area contributed by atoms with Crippen LogP contribution in [0, 0.1) is 5.92 Å². The average Bonchev–Trinajstić information content (AvgIpc) is 3.14. The Morgan fingerprint density at radius 1 is 1.23 bits per heavy atom. The molecule has 1 aromatic carbocycles. The number of nitrogens with one attached hydrogen (secondary N) is 2. The lowest BCUT2D eigenvalue weighted by molar-refractivity contribution is -0.119. The Hall–Kier alpha value is -2.35. The number of carbonyl (C=O) groups is 1. The maximum atomic E-state index is 12.3. The average molecular weight is 421 g/mol. The van der Waals surface area contributed by atoms with Crippen LogP contribution in [0.4, 0.5) is 11.5 Å². The molecular weight excluding hydrogens is 400 g/mol. The molecule has 0 bridgehead atoms. The smallest absolute Gasteiger partial charge is 0.330 e. The zero-order valence-electron chi connectivity index (χ0n) is 14.3. The first-order valence-electron chi connectivity index (χ1n) is 8.63. The molecular formula is C18H21BrN4O3. The van der Waals surface area contributed by atoms with E-state index in [2.05, 4.69) is 26.2 Å². The predicted molar refractivity (Wildman–Crippen MR) is 104 cm³/mol. The minimum atomic E-state index is -0.668. The van der Waals surface area contributed by atoms with Gasteiger partial charge in [-0.05, 0) is 37.0 Å². The van der Waals surface area contributed by atoms with Gasteiger partial charge >= 0.3 is 5.69 Å². The van der Waals surface area contributed by atoms with Crippen molar-refractivity contribution in [1.82, 2.24) is 9.55 Å². The Kier molecular flexibility index (Phi) is 5.61. The summed E-state index contributed by atoms with van der Waals surface area (Å²) in [7, 11) is 0. The number of aryl methyl sites for hydroxylation is 1. The Labute approximate surface area is 158 Å². The van der Waals surface area contributed by atoms with Gasteiger partial charge in [-0.25, -0.2) is 4.79 Å². The Bertz CT molecular complexity index is 912. The van der Waals surface area contributed by atoms with Crippen LogP contribution < -0.4 is 22.3 Å². The summed E-state index contributed by atoms with van der Waals surface area (Å²) in [5.74, 6) is -0.322. The fourth-order valence-corrected chi connectivity index (χ4v) is 3.50. The van der Waals surface area contributed by atoms with Crippen molar-refractivity contribution in [3.8, 4) is 0 Å². The third-order valence-corrected chi connectivity index (χ3v) is 5.28. The molecule has 0 unspecified atom stereocenters. The third kappa shape index (κ3) is 4.07. The maximum Gasteiger partial charge on any atom is 0.330 e. The molecule has 8 heteroatoms.